The number of benzene rings is 1. The van der Waals surface area contributed by atoms with E-state index in [1.54, 1.807) is 12.1 Å². The Labute approximate surface area is 96.7 Å². The van der Waals surface area contributed by atoms with E-state index in [1.165, 1.54) is 0 Å². The SMILES string of the molecule is CC(C)(C)NC(C#N)Cc1ccc(O)cc1. The summed E-state index contributed by atoms with van der Waals surface area (Å²) in [4.78, 5) is 0. The van der Waals surface area contributed by atoms with Gasteiger partial charge >= 0.3 is 0 Å². The Morgan fingerprint density at radius 2 is 1.88 bits per heavy atom. The number of nitrogens with one attached hydrogen (secondary N) is 1. The molecule has 0 amide bonds. The van der Waals surface area contributed by atoms with Crippen molar-refractivity contribution in [3.05, 3.63) is 29.8 Å². The second kappa shape index (κ2) is 5.00. The molecule has 1 aromatic carbocycles. The fourth-order valence-electron chi connectivity index (χ4n) is 1.52. The van der Waals surface area contributed by atoms with Gasteiger partial charge in [0, 0.05) is 12.0 Å². The molecule has 1 unspecified atom stereocenters. The van der Waals surface area contributed by atoms with Gasteiger partial charge in [-0.3, -0.25) is 5.32 Å². The van der Waals surface area contributed by atoms with Gasteiger partial charge in [-0.2, -0.15) is 5.26 Å². The summed E-state index contributed by atoms with van der Waals surface area (Å²) in [5.74, 6) is 0.251. The molecule has 0 radical (unpaired) electrons. The monoisotopic (exact) mass is 218 g/mol. The van der Waals surface area contributed by atoms with E-state index < -0.39 is 0 Å². The first-order valence-electron chi connectivity index (χ1n) is 5.36. The molecule has 0 bridgehead atoms. The van der Waals surface area contributed by atoms with Gasteiger partial charge in [0.25, 0.3) is 0 Å². The van der Waals surface area contributed by atoms with Crippen molar-refractivity contribution in [1.82, 2.24) is 5.32 Å². The van der Waals surface area contributed by atoms with Crippen LogP contribution < -0.4 is 5.32 Å². The van der Waals surface area contributed by atoms with Crippen LogP contribution in [0.25, 0.3) is 0 Å². The van der Waals surface area contributed by atoms with Crippen molar-refractivity contribution in [2.75, 3.05) is 0 Å². The van der Waals surface area contributed by atoms with Gasteiger partial charge in [0.2, 0.25) is 0 Å². The lowest BCUT2D eigenvalue weighted by atomic mass is 10.0. The molecular formula is C13H18N2O. The van der Waals surface area contributed by atoms with Crippen LogP contribution in [0, 0.1) is 11.3 Å². The lowest BCUT2D eigenvalue weighted by molar-refractivity contribution is 0.394. The van der Waals surface area contributed by atoms with Crippen LogP contribution in [0.15, 0.2) is 24.3 Å². The zero-order chi connectivity index (χ0) is 12.2. The van der Waals surface area contributed by atoms with Gasteiger partial charge in [-0.25, -0.2) is 0 Å². The third-order valence-corrected chi connectivity index (χ3v) is 2.14. The van der Waals surface area contributed by atoms with Crippen LogP contribution >= 0.6 is 0 Å². The molecule has 1 rings (SSSR count). The summed E-state index contributed by atoms with van der Waals surface area (Å²) < 4.78 is 0. The number of phenols is 1. The van der Waals surface area contributed by atoms with E-state index in [0.29, 0.717) is 6.42 Å². The van der Waals surface area contributed by atoms with Gasteiger partial charge in [0.15, 0.2) is 0 Å². The fraction of sp³-hybridized carbons (Fsp3) is 0.462. The molecule has 2 N–H and O–H groups in total. The van der Waals surface area contributed by atoms with Gasteiger partial charge in [0.1, 0.15) is 5.75 Å². The predicted octanol–water partition coefficient (Wildman–Crippen LogP) is 2.21. The van der Waals surface area contributed by atoms with Gasteiger partial charge in [-0.05, 0) is 38.5 Å². The van der Waals surface area contributed by atoms with Crippen molar-refractivity contribution in [2.24, 2.45) is 0 Å². The van der Waals surface area contributed by atoms with Crippen LogP contribution in [-0.2, 0) is 6.42 Å². The minimum absolute atomic E-state index is 0.0721. The molecule has 16 heavy (non-hydrogen) atoms. The molecule has 0 spiro atoms. The number of rotatable bonds is 3. The van der Waals surface area contributed by atoms with Gasteiger partial charge in [-0.15, -0.1) is 0 Å². The first kappa shape index (κ1) is 12.5. The summed E-state index contributed by atoms with van der Waals surface area (Å²) >= 11 is 0. The molecule has 0 aliphatic heterocycles. The van der Waals surface area contributed by atoms with Crippen LogP contribution in [0.5, 0.6) is 5.75 Å². The third kappa shape index (κ3) is 4.33. The summed E-state index contributed by atoms with van der Waals surface area (Å²) in [6.45, 7) is 6.11. The lowest BCUT2D eigenvalue weighted by Gasteiger charge is -2.24. The van der Waals surface area contributed by atoms with E-state index in [0.717, 1.165) is 5.56 Å². The fourth-order valence-corrected chi connectivity index (χ4v) is 1.52. The molecule has 0 aliphatic carbocycles. The van der Waals surface area contributed by atoms with Gasteiger partial charge < -0.3 is 5.11 Å². The molecule has 1 atom stereocenters. The smallest absolute Gasteiger partial charge is 0.115 e. The Bertz CT molecular complexity index is 370. The van der Waals surface area contributed by atoms with E-state index in [1.807, 2.05) is 32.9 Å². The highest BCUT2D eigenvalue weighted by molar-refractivity contribution is 5.27. The Morgan fingerprint density at radius 3 is 2.31 bits per heavy atom. The maximum Gasteiger partial charge on any atom is 0.115 e. The highest BCUT2D eigenvalue weighted by Gasteiger charge is 2.16. The molecule has 1 aromatic rings. The van der Waals surface area contributed by atoms with Crippen LogP contribution in [0.4, 0.5) is 0 Å². The van der Waals surface area contributed by atoms with Crippen molar-refractivity contribution in [3.8, 4) is 11.8 Å². The topological polar surface area (TPSA) is 56.0 Å². The number of nitrogens with zero attached hydrogens (tertiary/aromatic N) is 1. The molecule has 0 heterocycles. The third-order valence-electron chi connectivity index (χ3n) is 2.14. The minimum atomic E-state index is -0.204. The minimum Gasteiger partial charge on any atom is -0.508 e. The predicted molar refractivity (Wildman–Crippen MR) is 64.1 cm³/mol. The summed E-state index contributed by atoms with van der Waals surface area (Å²) in [5.41, 5.74) is 0.971. The second-order valence-electron chi connectivity index (χ2n) is 4.95. The second-order valence-corrected chi connectivity index (χ2v) is 4.95. The van der Waals surface area contributed by atoms with Crippen molar-refractivity contribution in [3.63, 3.8) is 0 Å². The van der Waals surface area contributed by atoms with E-state index >= 15 is 0 Å². The molecule has 0 saturated heterocycles. The average Bonchev–Trinajstić information content (AvgIpc) is 2.18. The Hall–Kier alpha value is -1.53. The summed E-state index contributed by atoms with van der Waals surface area (Å²) in [6, 6.07) is 9.00. The first-order chi connectivity index (χ1) is 7.40. The first-order valence-corrected chi connectivity index (χ1v) is 5.36. The van der Waals surface area contributed by atoms with Crippen molar-refractivity contribution >= 4 is 0 Å². The maximum atomic E-state index is 9.15. The van der Waals surface area contributed by atoms with E-state index in [4.69, 9.17) is 10.4 Å². The van der Waals surface area contributed by atoms with Crippen LogP contribution in [-0.4, -0.2) is 16.7 Å². The average molecular weight is 218 g/mol. The quantitative estimate of drug-likeness (QED) is 0.817. The molecule has 3 heteroatoms. The summed E-state index contributed by atoms with van der Waals surface area (Å²) in [6.07, 6.45) is 0.647. The molecule has 86 valence electrons. The normalized spacial score (nSPS) is 13.1. The zero-order valence-electron chi connectivity index (χ0n) is 9.99. The van der Waals surface area contributed by atoms with Gasteiger partial charge in [-0.1, -0.05) is 12.1 Å². The largest absolute Gasteiger partial charge is 0.508 e. The number of phenolic OH excluding ortho intramolecular Hbond substituents is 1. The van der Waals surface area contributed by atoms with Crippen LogP contribution in [0.1, 0.15) is 26.3 Å². The van der Waals surface area contributed by atoms with Crippen molar-refractivity contribution in [2.45, 2.75) is 38.8 Å². The van der Waals surface area contributed by atoms with E-state index in [-0.39, 0.29) is 17.3 Å². The standard InChI is InChI=1S/C13H18N2O/c1-13(2,3)15-11(9-14)8-10-4-6-12(16)7-5-10/h4-7,11,15-16H,8H2,1-3H3. The highest BCUT2D eigenvalue weighted by Crippen LogP contribution is 2.12. The zero-order valence-corrected chi connectivity index (χ0v) is 9.99. The van der Waals surface area contributed by atoms with E-state index in [9.17, 15) is 0 Å². The highest BCUT2D eigenvalue weighted by atomic mass is 16.3. The molecule has 0 saturated carbocycles. The van der Waals surface area contributed by atoms with Crippen molar-refractivity contribution in [1.29, 1.82) is 5.26 Å². The lowest BCUT2D eigenvalue weighted by Crippen LogP contribution is -2.43. The van der Waals surface area contributed by atoms with Gasteiger partial charge in [0.05, 0.1) is 12.1 Å². The van der Waals surface area contributed by atoms with Crippen LogP contribution in [0.2, 0.25) is 0 Å². The summed E-state index contributed by atoms with van der Waals surface area (Å²) in [7, 11) is 0. The number of hydrogen-bond acceptors (Lipinski definition) is 3. The molecule has 0 aromatic heterocycles. The molecule has 0 fully saturated rings. The Morgan fingerprint density at radius 1 is 1.31 bits per heavy atom. The summed E-state index contributed by atoms with van der Waals surface area (Å²) in [5, 5.41) is 21.4. The maximum absolute atomic E-state index is 9.15. The molecular weight excluding hydrogens is 200 g/mol. The Balaban J connectivity index is 2.64. The Kier molecular flexibility index (Phi) is 3.92. The molecule has 0 aliphatic rings. The number of nitriles is 1. The molecule has 3 nitrogen and oxygen atoms in total. The number of aromatic hydroxyl groups is 1. The van der Waals surface area contributed by atoms with Crippen molar-refractivity contribution < 1.29 is 5.11 Å². The van der Waals surface area contributed by atoms with Crippen LogP contribution in [0.3, 0.4) is 0 Å². The van der Waals surface area contributed by atoms with E-state index in [2.05, 4.69) is 11.4 Å². The number of hydrogen-bond donors (Lipinski definition) is 2.